The first-order valence-electron chi connectivity index (χ1n) is 6.66. The summed E-state index contributed by atoms with van der Waals surface area (Å²) in [6, 6.07) is 0. The lowest BCUT2D eigenvalue weighted by Crippen LogP contribution is -2.21. The number of halogens is 1. The first kappa shape index (κ1) is 15.5. The molecule has 0 saturated carbocycles. The molecule has 0 aliphatic rings. The molecule has 0 bridgehead atoms. The molecule has 0 saturated heterocycles. The van der Waals surface area contributed by atoms with Crippen LogP contribution in [0.1, 0.15) is 66.7 Å². The number of hydrogen-bond donors (Lipinski definition) is 0. The summed E-state index contributed by atoms with van der Waals surface area (Å²) in [5.74, 6) is 2.58. The number of unbranched alkanes of at least 4 members (excludes halogenated alkanes) is 1. The number of hydrogen-bond acceptors (Lipinski definition) is 0. The summed E-state index contributed by atoms with van der Waals surface area (Å²) in [7, 11) is 0. The average molecular weight is 277 g/mol. The van der Waals surface area contributed by atoms with Crippen molar-refractivity contribution in [3.8, 4) is 0 Å². The average Bonchev–Trinajstić information content (AvgIpc) is 2.17. The second-order valence-electron chi connectivity index (χ2n) is 5.24. The molecule has 0 N–H and O–H groups in total. The highest BCUT2D eigenvalue weighted by atomic mass is 79.9. The summed E-state index contributed by atoms with van der Waals surface area (Å²) in [6.07, 6.45) is 6.92. The van der Waals surface area contributed by atoms with E-state index >= 15 is 0 Å². The van der Waals surface area contributed by atoms with Crippen LogP contribution in [0, 0.1) is 17.8 Å². The fourth-order valence-electron chi connectivity index (χ4n) is 2.36. The van der Waals surface area contributed by atoms with Crippen molar-refractivity contribution in [2.45, 2.75) is 71.5 Å². The Morgan fingerprint density at radius 2 is 1.67 bits per heavy atom. The van der Waals surface area contributed by atoms with E-state index in [0.717, 1.165) is 17.8 Å². The SMILES string of the molecule is CCCCC(CC)CC(C(C)C)C(C)Br. The molecular weight excluding hydrogens is 248 g/mol. The Labute approximate surface area is 105 Å². The van der Waals surface area contributed by atoms with E-state index in [0.29, 0.717) is 4.83 Å². The summed E-state index contributed by atoms with van der Waals surface area (Å²) in [6.45, 7) is 11.7. The van der Waals surface area contributed by atoms with Crippen molar-refractivity contribution in [3.05, 3.63) is 0 Å². The van der Waals surface area contributed by atoms with Gasteiger partial charge in [-0.1, -0.05) is 76.2 Å². The van der Waals surface area contributed by atoms with Crippen LogP contribution in [0.2, 0.25) is 0 Å². The molecule has 0 fully saturated rings. The Morgan fingerprint density at radius 3 is 2.00 bits per heavy atom. The van der Waals surface area contributed by atoms with Crippen molar-refractivity contribution in [3.63, 3.8) is 0 Å². The van der Waals surface area contributed by atoms with Crippen LogP contribution < -0.4 is 0 Å². The van der Waals surface area contributed by atoms with Crippen LogP contribution in [-0.4, -0.2) is 4.83 Å². The van der Waals surface area contributed by atoms with Crippen molar-refractivity contribution >= 4 is 15.9 Å². The molecule has 92 valence electrons. The van der Waals surface area contributed by atoms with Gasteiger partial charge in [-0.2, -0.15) is 0 Å². The van der Waals surface area contributed by atoms with Gasteiger partial charge < -0.3 is 0 Å². The van der Waals surface area contributed by atoms with Gasteiger partial charge in [-0.05, 0) is 24.2 Å². The van der Waals surface area contributed by atoms with Crippen molar-refractivity contribution in [1.82, 2.24) is 0 Å². The molecule has 0 amide bonds. The van der Waals surface area contributed by atoms with Crippen LogP contribution in [0.4, 0.5) is 0 Å². The van der Waals surface area contributed by atoms with Crippen LogP contribution >= 0.6 is 15.9 Å². The van der Waals surface area contributed by atoms with Crippen molar-refractivity contribution < 1.29 is 0 Å². The number of alkyl halides is 1. The Hall–Kier alpha value is 0.480. The van der Waals surface area contributed by atoms with Gasteiger partial charge >= 0.3 is 0 Å². The maximum Gasteiger partial charge on any atom is 0.0148 e. The molecule has 0 heterocycles. The smallest absolute Gasteiger partial charge is 0.0148 e. The maximum atomic E-state index is 3.77. The third-order valence-corrected chi connectivity index (χ3v) is 4.27. The minimum atomic E-state index is 0.660. The molecule has 1 heteroatoms. The molecular formula is C14H29Br. The summed E-state index contributed by atoms with van der Waals surface area (Å²) < 4.78 is 0. The molecule has 0 aromatic rings. The minimum Gasteiger partial charge on any atom is -0.0891 e. The van der Waals surface area contributed by atoms with Gasteiger partial charge in [0.25, 0.3) is 0 Å². The topological polar surface area (TPSA) is 0 Å². The highest BCUT2D eigenvalue weighted by Gasteiger charge is 2.22. The van der Waals surface area contributed by atoms with Crippen molar-refractivity contribution in [2.24, 2.45) is 17.8 Å². The van der Waals surface area contributed by atoms with Gasteiger partial charge in [0.05, 0.1) is 0 Å². The molecule has 0 aromatic heterocycles. The predicted molar refractivity (Wildman–Crippen MR) is 74.6 cm³/mol. The Morgan fingerprint density at radius 1 is 1.07 bits per heavy atom. The Kier molecular flexibility index (Phi) is 8.89. The van der Waals surface area contributed by atoms with E-state index in [9.17, 15) is 0 Å². The third kappa shape index (κ3) is 6.60. The third-order valence-electron chi connectivity index (χ3n) is 3.60. The van der Waals surface area contributed by atoms with Crippen LogP contribution in [0.25, 0.3) is 0 Å². The van der Waals surface area contributed by atoms with E-state index in [1.165, 1.54) is 32.1 Å². The van der Waals surface area contributed by atoms with E-state index in [4.69, 9.17) is 0 Å². The van der Waals surface area contributed by atoms with Crippen molar-refractivity contribution in [2.75, 3.05) is 0 Å². The fourth-order valence-corrected chi connectivity index (χ4v) is 3.18. The second-order valence-corrected chi connectivity index (χ2v) is 6.68. The Balaban J connectivity index is 4.10. The monoisotopic (exact) mass is 276 g/mol. The van der Waals surface area contributed by atoms with Gasteiger partial charge in [0, 0.05) is 4.83 Å². The summed E-state index contributed by atoms with van der Waals surface area (Å²) >= 11 is 3.77. The zero-order valence-corrected chi connectivity index (χ0v) is 12.8. The first-order chi connectivity index (χ1) is 7.02. The molecule has 0 nitrogen and oxygen atoms in total. The van der Waals surface area contributed by atoms with Crippen molar-refractivity contribution in [1.29, 1.82) is 0 Å². The van der Waals surface area contributed by atoms with Crippen LogP contribution in [-0.2, 0) is 0 Å². The molecule has 3 atom stereocenters. The zero-order chi connectivity index (χ0) is 11.8. The van der Waals surface area contributed by atoms with E-state index in [1.807, 2.05) is 0 Å². The Bertz CT molecular complexity index is 132. The van der Waals surface area contributed by atoms with Crippen LogP contribution in [0.15, 0.2) is 0 Å². The largest absolute Gasteiger partial charge is 0.0891 e. The molecule has 0 aromatic carbocycles. The normalized spacial score (nSPS) is 17.8. The van der Waals surface area contributed by atoms with Gasteiger partial charge in [-0.15, -0.1) is 0 Å². The van der Waals surface area contributed by atoms with Gasteiger partial charge in [-0.25, -0.2) is 0 Å². The predicted octanol–water partition coefficient (Wildman–Crippen LogP) is 5.65. The lowest BCUT2D eigenvalue weighted by atomic mass is 9.81. The second kappa shape index (κ2) is 8.61. The quantitative estimate of drug-likeness (QED) is 0.503. The highest BCUT2D eigenvalue weighted by molar-refractivity contribution is 9.09. The first-order valence-corrected chi connectivity index (χ1v) is 7.58. The van der Waals surface area contributed by atoms with E-state index in [2.05, 4.69) is 50.5 Å². The van der Waals surface area contributed by atoms with Gasteiger partial charge in [0.2, 0.25) is 0 Å². The molecule has 0 radical (unpaired) electrons. The standard InChI is InChI=1S/C14H29Br/c1-6-8-9-13(7-2)10-14(11(3)4)12(5)15/h11-14H,6-10H2,1-5H3. The van der Waals surface area contributed by atoms with Gasteiger partial charge in [0.15, 0.2) is 0 Å². The summed E-state index contributed by atoms with van der Waals surface area (Å²) in [5, 5.41) is 0. The fraction of sp³-hybridized carbons (Fsp3) is 1.00. The van der Waals surface area contributed by atoms with E-state index < -0.39 is 0 Å². The van der Waals surface area contributed by atoms with E-state index in [1.54, 1.807) is 0 Å². The molecule has 0 rings (SSSR count). The highest BCUT2D eigenvalue weighted by Crippen LogP contribution is 2.31. The van der Waals surface area contributed by atoms with E-state index in [-0.39, 0.29) is 0 Å². The lowest BCUT2D eigenvalue weighted by Gasteiger charge is -2.28. The summed E-state index contributed by atoms with van der Waals surface area (Å²) in [5.41, 5.74) is 0. The molecule has 0 aliphatic heterocycles. The van der Waals surface area contributed by atoms with Crippen LogP contribution in [0.5, 0.6) is 0 Å². The molecule has 0 spiro atoms. The van der Waals surface area contributed by atoms with Crippen LogP contribution in [0.3, 0.4) is 0 Å². The van der Waals surface area contributed by atoms with Gasteiger partial charge in [-0.3, -0.25) is 0 Å². The minimum absolute atomic E-state index is 0.660. The van der Waals surface area contributed by atoms with Gasteiger partial charge in [0.1, 0.15) is 0 Å². The number of rotatable bonds is 8. The summed E-state index contributed by atoms with van der Waals surface area (Å²) in [4.78, 5) is 0.660. The lowest BCUT2D eigenvalue weighted by molar-refractivity contribution is 0.278. The molecule has 15 heavy (non-hydrogen) atoms. The zero-order valence-electron chi connectivity index (χ0n) is 11.2. The molecule has 0 aliphatic carbocycles. The maximum absolute atomic E-state index is 3.77. The molecule has 3 unspecified atom stereocenters.